The third kappa shape index (κ3) is 2.98. The number of pyridine rings is 1. The van der Waals surface area contributed by atoms with E-state index in [-0.39, 0.29) is 22.5 Å². The van der Waals surface area contributed by atoms with E-state index in [2.05, 4.69) is 10.1 Å². The van der Waals surface area contributed by atoms with Gasteiger partial charge in [-0.1, -0.05) is 17.7 Å². The van der Waals surface area contributed by atoms with Crippen molar-refractivity contribution in [1.29, 1.82) is 0 Å². The second-order valence-corrected chi connectivity index (χ2v) is 7.06. The van der Waals surface area contributed by atoms with Crippen molar-refractivity contribution < 1.29 is 4.79 Å². The molecule has 0 unspecified atom stereocenters. The molecule has 8 heteroatoms. The first-order valence-corrected chi connectivity index (χ1v) is 9.04. The molecule has 0 saturated heterocycles. The van der Waals surface area contributed by atoms with Crippen LogP contribution >= 0.6 is 0 Å². The summed E-state index contributed by atoms with van der Waals surface area (Å²) in [7, 11) is 1.41. The highest BCUT2D eigenvalue weighted by molar-refractivity contribution is 5.98. The number of carbonyl (C=O) groups excluding carboxylic acids is 1. The summed E-state index contributed by atoms with van der Waals surface area (Å²) in [6.45, 7) is 5.52. The minimum atomic E-state index is -0.510. The van der Waals surface area contributed by atoms with Crippen LogP contribution in [0.1, 0.15) is 27.3 Å². The lowest BCUT2D eigenvalue weighted by molar-refractivity contribution is 0.0942. The first-order valence-electron chi connectivity index (χ1n) is 9.04. The molecule has 4 aromatic rings. The number of fused-ring (bicyclic) bond motifs is 1. The Bertz CT molecular complexity index is 1390. The summed E-state index contributed by atoms with van der Waals surface area (Å²) in [5.41, 5.74) is 2.44. The smallest absolute Gasteiger partial charge is 0.268 e. The predicted molar refractivity (Wildman–Crippen MR) is 109 cm³/mol. The Morgan fingerprint density at radius 1 is 1.00 bits per heavy atom. The first kappa shape index (κ1) is 18.5. The lowest BCUT2D eigenvalue weighted by Gasteiger charge is -2.12. The van der Waals surface area contributed by atoms with Crippen LogP contribution in [0.2, 0.25) is 0 Å². The summed E-state index contributed by atoms with van der Waals surface area (Å²) in [6, 6.07) is 10.6. The molecule has 0 aliphatic carbocycles. The monoisotopic (exact) mass is 389 g/mol. The molecule has 3 aromatic heterocycles. The van der Waals surface area contributed by atoms with Crippen molar-refractivity contribution in [3.8, 4) is 5.69 Å². The Hall–Kier alpha value is -3.81. The SMILES string of the molecule is Cc1ccc(-n2c(=O)n(C)c(=O)c3cc(C(=O)n4nc(C)cc4C)cnc32)cc1. The van der Waals surface area contributed by atoms with Crippen LogP contribution < -0.4 is 11.2 Å². The van der Waals surface area contributed by atoms with Crippen LogP contribution in [0.25, 0.3) is 16.7 Å². The van der Waals surface area contributed by atoms with Gasteiger partial charge in [0.25, 0.3) is 11.5 Å². The molecule has 0 saturated carbocycles. The molecule has 0 spiro atoms. The number of aromatic nitrogens is 5. The lowest BCUT2D eigenvalue weighted by Crippen LogP contribution is -2.38. The molecule has 4 rings (SSSR count). The first-order chi connectivity index (χ1) is 13.8. The van der Waals surface area contributed by atoms with Crippen LogP contribution in [0, 0.1) is 20.8 Å². The largest absolute Gasteiger partial charge is 0.337 e. The van der Waals surface area contributed by atoms with E-state index in [1.54, 1.807) is 32.0 Å². The van der Waals surface area contributed by atoms with Gasteiger partial charge in [-0.05, 0) is 45.0 Å². The van der Waals surface area contributed by atoms with Crippen molar-refractivity contribution in [2.24, 2.45) is 7.05 Å². The van der Waals surface area contributed by atoms with Crippen LogP contribution in [-0.2, 0) is 7.05 Å². The van der Waals surface area contributed by atoms with Gasteiger partial charge in [0.1, 0.15) is 0 Å². The van der Waals surface area contributed by atoms with Crippen molar-refractivity contribution in [3.05, 3.63) is 85.9 Å². The normalized spacial score (nSPS) is 11.2. The molecule has 8 nitrogen and oxygen atoms in total. The molecule has 1 aromatic carbocycles. The van der Waals surface area contributed by atoms with Gasteiger partial charge in [0.05, 0.1) is 22.3 Å². The zero-order valence-electron chi connectivity index (χ0n) is 16.5. The summed E-state index contributed by atoms with van der Waals surface area (Å²) < 4.78 is 3.66. The minimum absolute atomic E-state index is 0.181. The van der Waals surface area contributed by atoms with E-state index < -0.39 is 11.2 Å². The summed E-state index contributed by atoms with van der Waals surface area (Å²) in [5.74, 6) is -0.389. The van der Waals surface area contributed by atoms with Gasteiger partial charge in [0.2, 0.25) is 0 Å². The summed E-state index contributed by atoms with van der Waals surface area (Å²) in [6.07, 6.45) is 1.37. The fourth-order valence-corrected chi connectivity index (χ4v) is 3.30. The molecule has 0 atom stereocenters. The standard InChI is InChI=1S/C21H19N5O3/c1-12-5-7-16(8-6-12)25-18-17(20(28)24(4)21(25)29)10-15(11-22-18)19(27)26-14(3)9-13(2)23-26/h5-11H,1-4H3. The van der Waals surface area contributed by atoms with Gasteiger partial charge in [-0.2, -0.15) is 5.10 Å². The Morgan fingerprint density at radius 3 is 2.31 bits per heavy atom. The molecule has 29 heavy (non-hydrogen) atoms. The van der Waals surface area contributed by atoms with E-state index in [0.29, 0.717) is 17.1 Å². The van der Waals surface area contributed by atoms with E-state index in [4.69, 9.17) is 0 Å². The number of rotatable bonds is 2. The second kappa shape index (κ2) is 6.66. The highest BCUT2D eigenvalue weighted by Crippen LogP contribution is 2.15. The highest BCUT2D eigenvalue weighted by Gasteiger charge is 2.18. The van der Waals surface area contributed by atoms with Crippen molar-refractivity contribution in [2.45, 2.75) is 20.8 Å². The van der Waals surface area contributed by atoms with Gasteiger partial charge >= 0.3 is 5.69 Å². The van der Waals surface area contributed by atoms with Gasteiger partial charge in [-0.25, -0.2) is 19.0 Å². The maximum absolute atomic E-state index is 12.9. The van der Waals surface area contributed by atoms with Crippen LogP contribution in [0.5, 0.6) is 0 Å². The number of hydrogen-bond donors (Lipinski definition) is 0. The fourth-order valence-electron chi connectivity index (χ4n) is 3.30. The molecule has 0 fully saturated rings. The molecule has 0 aliphatic rings. The third-order valence-electron chi connectivity index (χ3n) is 4.83. The maximum Gasteiger partial charge on any atom is 0.337 e. The van der Waals surface area contributed by atoms with Crippen molar-refractivity contribution >= 4 is 16.9 Å². The molecule has 146 valence electrons. The van der Waals surface area contributed by atoms with Crippen molar-refractivity contribution in [2.75, 3.05) is 0 Å². The molecule has 0 aliphatic heterocycles. The van der Waals surface area contributed by atoms with Crippen LogP contribution in [-0.4, -0.2) is 29.8 Å². The van der Waals surface area contributed by atoms with Gasteiger partial charge in [0.15, 0.2) is 5.65 Å². The van der Waals surface area contributed by atoms with Crippen LogP contribution in [0.4, 0.5) is 0 Å². The Balaban J connectivity index is 1.97. The lowest BCUT2D eigenvalue weighted by atomic mass is 10.2. The zero-order chi connectivity index (χ0) is 20.9. The fraction of sp³-hybridized carbons (Fsp3) is 0.190. The van der Waals surface area contributed by atoms with Crippen LogP contribution in [0.15, 0.2) is 52.2 Å². The number of benzene rings is 1. The minimum Gasteiger partial charge on any atom is -0.268 e. The maximum atomic E-state index is 12.9. The average Bonchev–Trinajstić information content (AvgIpc) is 3.05. The Morgan fingerprint density at radius 2 is 1.69 bits per heavy atom. The second-order valence-electron chi connectivity index (χ2n) is 7.06. The number of hydrogen-bond acceptors (Lipinski definition) is 5. The van der Waals surface area contributed by atoms with Gasteiger partial charge < -0.3 is 0 Å². The number of aryl methyl sites for hydroxylation is 3. The molecular formula is C21H19N5O3. The predicted octanol–water partition coefficient (Wildman–Crippen LogP) is 1.89. The molecular weight excluding hydrogens is 370 g/mol. The molecule has 0 N–H and O–H groups in total. The topological polar surface area (TPSA) is 91.8 Å². The summed E-state index contributed by atoms with van der Waals surface area (Å²) >= 11 is 0. The van der Waals surface area contributed by atoms with Crippen molar-refractivity contribution in [3.63, 3.8) is 0 Å². The molecule has 0 radical (unpaired) electrons. The number of carbonyl (C=O) groups is 1. The van der Waals surface area contributed by atoms with Gasteiger partial charge in [-0.15, -0.1) is 0 Å². The van der Waals surface area contributed by atoms with E-state index in [9.17, 15) is 14.4 Å². The average molecular weight is 389 g/mol. The summed E-state index contributed by atoms with van der Waals surface area (Å²) in [4.78, 5) is 42.7. The van der Waals surface area contributed by atoms with E-state index in [1.165, 1.54) is 28.6 Å². The quantitative estimate of drug-likeness (QED) is 0.522. The molecule has 0 amide bonds. The van der Waals surface area contributed by atoms with Gasteiger partial charge in [0, 0.05) is 18.9 Å². The highest BCUT2D eigenvalue weighted by atomic mass is 16.2. The Kier molecular flexibility index (Phi) is 4.26. The van der Waals surface area contributed by atoms with Crippen molar-refractivity contribution in [1.82, 2.24) is 23.9 Å². The molecule has 0 bridgehead atoms. The zero-order valence-corrected chi connectivity index (χ0v) is 16.5. The van der Waals surface area contributed by atoms with Crippen LogP contribution in [0.3, 0.4) is 0 Å². The van der Waals surface area contributed by atoms with E-state index in [0.717, 1.165) is 10.1 Å². The van der Waals surface area contributed by atoms with Gasteiger partial charge in [-0.3, -0.25) is 14.2 Å². The summed E-state index contributed by atoms with van der Waals surface area (Å²) in [5, 5.41) is 4.38. The third-order valence-corrected chi connectivity index (χ3v) is 4.83. The number of nitrogens with zero attached hydrogens (tertiary/aromatic N) is 5. The molecule has 3 heterocycles. The Labute approximate surface area is 165 Å². The van der Waals surface area contributed by atoms with E-state index >= 15 is 0 Å². The van der Waals surface area contributed by atoms with E-state index in [1.807, 2.05) is 19.1 Å².